The number of rotatable bonds is 17. The topological polar surface area (TPSA) is 170 Å². The monoisotopic (exact) mass is 754 g/mol. The van der Waals surface area contributed by atoms with Crippen LogP contribution < -0.4 is 21.1 Å². The van der Waals surface area contributed by atoms with E-state index in [1.54, 1.807) is 36.4 Å². The highest BCUT2D eigenvalue weighted by Gasteiger charge is 2.32. The Labute approximate surface area is 316 Å². The van der Waals surface area contributed by atoms with Crippen LogP contribution in [0.25, 0.3) is 11.1 Å². The van der Waals surface area contributed by atoms with Crippen LogP contribution in [-0.4, -0.2) is 75.9 Å². The molecule has 12 nitrogen and oxygen atoms in total. The Hall–Kier alpha value is -5.21. The molecule has 0 bridgehead atoms. The number of nitrogen functional groups attached to an aromatic ring is 1. The molecule has 0 fully saturated rings. The lowest BCUT2D eigenvalue weighted by Gasteiger charge is -2.31. The summed E-state index contributed by atoms with van der Waals surface area (Å²) in [5.41, 5.74) is 12.8. The van der Waals surface area contributed by atoms with Crippen LogP contribution in [0.1, 0.15) is 48.3 Å². The highest BCUT2D eigenvalue weighted by atomic mass is 32.2. The van der Waals surface area contributed by atoms with E-state index in [0.717, 1.165) is 21.9 Å². The molecule has 284 valence electrons. The second-order valence-electron chi connectivity index (χ2n) is 13.2. The van der Waals surface area contributed by atoms with Crippen molar-refractivity contribution >= 4 is 33.2 Å². The molecule has 54 heavy (non-hydrogen) atoms. The van der Waals surface area contributed by atoms with Gasteiger partial charge in [-0.25, -0.2) is 8.42 Å². The number of nitrogens with zero attached hydrogens (tertiary/aromatic N) is 1. The molecule has 0 radical (unpaired) electrons. The molecular formula is C41H46N4O8S. The van der Waals surface area contributed by atoms with Crippen LogP contribution in [0.4, 0.5) is 11.4 Å². The molecule has 0 saturated heterocycles. The molecule has 13 heteroatoms. The van der Waals surface area contributed by atoms with Gasteiger partial charge < -0.3 is 35.7 Å². The highest BCUT2D eigenvalue weighted by molar-refractivity contribution is 7.89. The van der Waals surface area contributed by atoms with Crippen LogP contribution in [0.5, 0.6) is 5.75 Å². The van der Waals surface area contributed by atoms with Gasteiger partial charge in [0, 0.05) is 38.4 Å². The van der Waals surface area contributed by atoms with Crippen molar-refractivity contribution in [1.29, 1.82) is 0 Å². The lowest BCUT2D eigenvalue weighted by atomic mass is 9.87. The van der Waals surface area contributed by atoms with Gasteiger partial charge in [0.05, 0.1) is 36.6 Å². The van der Waals surface area contributed by atoms with Crippen molar-refractivity contribution in [3.63, 3.8) is 0 Å². The fourth-order valence-electron chi connectivity index (χ4n) is 6.83. The molecule has 2 atom stereocenters. The zero-order valence-corrected chi connectivity index (χ0v) is 31.0. The third-order valence-electron chi connectivity index (χ3n) is 9.61. The molecule has 2 aliphatic rings. The van der Waals surface area contributed by atoms with E-state index in [1.165, 1.54) is 35.9 Å². The van der Waals surface area contributed by atoms with Gasteiger partial charge >= 0.3 is 0 Å². The van der Waals surface area contributed by atoms with E-state index < -0.39 is 22.2 Å². The number of aliphatic hydroxyl groups excluding tert-OH is 1. The number of allylic oxidation sites excluding steroid dienone is 1. The standard InChI is InChI=1S/C41H46N4O8S/c1-51-30-16-18-31(19-17-30)54(49,50)45(21-23-46)22-24-52-40-27-29(33-11-8-12-34-32-10-3-2-9-28(32)25-35(33)34)26-38(53-40)41(48)43-20-7-6-15-39(47)44-37-14-5-4-13-36(37)42/h2-5,8-14,16-19,26,29,40,46H,6-7,15,20-25,27,42H2,1H3,(H,43,48)(H,44,47)/t29-,40+/m1/s1. The Morgan fingerprint density at radius 3 is 2.48 bits per heavy atom. The number of methoxy groups -OCH3 is 1. The van der Waals surface area contributed by atoms with Crippen LogP contribution in [-0.2, 0) is 35.5 Å². The highest BCUT2D eigenvalue weighted by Crippen LogP contribution is 2.43. The second kappa shape index (κ2) is 17.7. The molecule has 0 unspecified atom stereocenters. The summed E-state index contributed by atoms with van der Waals surface area (Å²) in [6.07, 6.45) is 3.53. The minimum atomic E-state index is -3.95. The lowest BCUT2D eigenvalue weighted by Crippen LogP contribution is -2.38. The van der Waals surface area contributed by atoms with Gasteiger partial charge in [0.15, 0.2) is 5.76 Å². The summed E-state index contributed by atoms with van der Waals surface area (Å²) in [7, 11) is -2.45. The third kappa shape index (κ3) is 9.11. The van der Waals surface area contributed by atoms with Gasteiger partial charge in [0.25, 0.3) is 5.91 Å². The van der Waals surface area contributed by atoms with Gasteiger partial charge in [-0.05, 0) is 89.6 Å². The molecule has 1 aliphatic heterocycles. The lowest BCUT2D eigenvalue weighted by molar-refractivity contribution is -0.146. The van der Waals surface area contributed by atoms with Crippen molar-refractivity contribution in [3.8, 4) is 16.9 Å². The number of anilines is 2. The first-order chi connectivity index (χ1) is 26.2. The number of fused-ring (bicyclic) bond motifs is 3. The number of para-hydroxylation sites is 2. The van der Waals surface area contributed by atoms with Crippen LogP contribution in [0.2, 0.25) is 0 Å². The second-order valence-corrected chi connectivity index (χ2v) is 15.1. The fourth-order valence-corrected chi connectivity index (χ4v) is 8.25. The summed E-state index contributed by atoms with van der Waals surface area (Å²) in [6, 6.07) is 27.6. The van der Waals surface area contributed by atoms with Crippen LogP contribution in [0.15, 0.2) is 108 Å². The molecule has 0 spiro atoms. The first kappa shape index (κ1) is 38.5. The third-order valence-corrected chi connectivity index (χ3v) is 11.5. The average molecular weight is 755 g/mol. The summed E-state index contributed by atoms with van der Waals surface area (Å²) < 4.78 is 45.5. The minimum absolute atomic E-state index is 0.0449. The summed E-state index contributed by atoms with van der Waals surface area (Å²) >= 11 is 0. The Morgan fingerprint density at radius 1 is 0.944 bits per heavy atom. The van der Waals surface area contributed by atoms with Gasteiger partial charge in [-0.3, -0.25) is 9.59 Å². The molecular weight excluding hydrogens is 709 g/mol. The number of carbonyl (C=O) groups is 2. The number of benzene rings is 4. The smallest absolute Gasteiger partial charge is 0.286 e. The Morgan fingerprint density at radius 2 is 1.70 bits per heavy atom. The number of nitrogens with one attached hydrogen (secondary N) is 2. The van der Waals surface area contributed by atoms with Crippen molar-refractivity contribution in [3.05, 3.63) is 120 Å². The quantitative estimate of drug-likeness (QED) is 0.0738. The van der Waals surface area contributed by atoms with Crippen LogP contribution in [0.3, 0.4) is 0 Å². The molecule has 2 amide bonds. The van der Waals surface area contributed by atoms with Crippen molar-refractivity contribution in [1.82, 2.24) is 9.62 Å². The van der Waals surface area contributed by atoms with Crippen molar-refractivity contribution in [2.24, 2.45) is 0 Å². The number of nitrogens with two attached hydrogens (primary N) is 1. The molecule has 0 saturated carbocycles. The summed E-state index contributed by atoms with van der Waals surface area (Å²) in [4.78, 5) is 26.0. The molecule has 5 N–H and O–H groups in total. The normalized spacial score (nSPS) is 16.2. The van der Waals surface area contributed by atoms with Gasteiger partial charge in [0.1, 0.15) is 5.75 Å². The van der Waals surface area contributed by atoms with Gasteiger partial charge in [-0.2, -0.15) is 4.31 Å². The Bertz CT molecular complexity index is 2090. The van der Waals surface area contributed by atoms with Crippen molar-refractivity contribution < 1.29 is 37.3 Å². The van der Waals surface area contributed by atoms with E-state index in [-0.39, 0.29) is 55.2 Å². The number of amides is 2. The largest absolute Gasteiger partial charge is 0.497 e. The maximum atomic E-state index is 13.5. The van der Waals surface area contributed by atoms with Crippen molar-refractivity contribution in [2.45, 2.75) is 49.2 Å². The number of hydrogen-bond acceptors (Lipinski definition) is 9. The van der Waals surface area contributed by atoms with Crippen LogP contribution >= 0.6 is 0 Å². The van der Waals surface area contributed by atoms with E-state index in [9.17, 15) is 23.1 Å². The zero-order valence-electron chi connectivity index (χ0n) is 30.2. The van der Waals surface area contributed by atoms with Gasteiger partial charge in [-0.15, -0.1) is 0 Å². The summed E-state index contributed by atoms with van der Waals surface area (Å²) in [5.74, 6) is -0.158. The maximum absolute atomic E-state index is 13.5. The molecule has 4 aromatic rings. The van der Waals surface area contributed by atoms with Gasteiger partial charge in [-0.1, -0.05) is 54.6 Å². The Balaban J connectivity index is 1.12. The average Bonchev–Trinajstić information content (AvgIpc) is 3.57. The number of sulfonamides is 1. The van der Waals surface area contributed by atoms with Gasteiger partial charge in [0.2, 0.25) is 22.2 Å². The predicted octanol–water partition coefficient (Wildman–Crippen LogP) is 5.19. The molecule has 4 aromatic carbocycles. The number of unbranched alkanes of at least 4 members (excludes halogenated alkanes) is 1. The number of ether oxygens (including phenoxy) is 3. The number of hydrogen-bond donors (Lipinski definition) is 4. The molecule has 1 aliphatic carbocycles. The summed E-state index contributed by atoms with van der Waals surface area (Å²) in [6.45, 7) is -0.274. The minimum Gasteiger partial charge on any atom is -0.497 e. The van der Waals surface area contributed by atoms with E-state index in [2.05, 4.69) is 34.9 Å². The fraction of sp³-hybridized carbons (Fsp3) is 0.317. The maximum Gasteiger partial charge on any atom is 0.286 e. The molecule has 6 rings (SSSR count). The van der Waals surface area contributed by atoms with Crippen LogP contribution in [0, 0.1) is 0 Å². The van der Waals surface area contributed by atoms with Crippen molar-refractivity contribution in [2.75, 3.05) is 51.0 Å². The van der Waals surface area contributed by atoms with E-state index in [0.29, 0.717) is 42.9 Å². The Kier molecular flexibility index (Phi) is 12.7. The zero-order chi connectivity index (χ0) is 38.1. The summed E-state index contributed by atoms with van der Waals surface area (Å²) in [5, 5.41) is 15.4. The molecule has 0 aromatic heterocycles. The number of carbonyl (C=O) groups excluding carboxylic acids is 2. The van der Waals surface area contributed by atoms with E-state index in [4.69, 9.17) is 19.9 Å². The van der Waals surface area contributed by atoms with E-state index >= 15 is 0 Å². The predicted molar refractivity (Wildman–Crippen MR) is 206 cm³/mol. The van der Waals surface area contributed by atoms with E-state index in [1.807, 2.05) is 24.3 Å². The first-order valence-electron chi connectivity index (χ1n) is 18.1. The SMILES string of the molecule is COc1ccc(S(=O)(=O)N(CCO)CCO[C@@H]2C[C@H](c3cccc4c3Cc3ccccc3-4)C=C(C(=O)NCCCCC(=O)Nc3ccccc3N)O2)cc1. The first-order valence-corrected chi connectivity index (χ1v) is 19.5. The molecule has 1 heterocycles. The number of aliphatic hydroxyl groups is 1.